The second-order valence-corrected chi connectivity index (χ2v) is 2.84. The van der Waals surface area contributed by atoms with E-state index in [4.69, 9.17) is 4.74 Å². The van der Waals surface area contributed by atoms with Crippen LogP contribution in [0.4, 0.5) is 0 Å². The maximum atomic E-state index is 11.6. The highest BCUT2D eigenvalue weighted by molar-refractivity contribution is 5.81. The second-order valence-electron chi connectivity index (χ2n) is 2.84. The van der Waals surface area contributed by atoms with Gasteiger partial charge in [0.25, 0.3) is 11.4 Å². The zero-order valence-corrected chi connectivity index (χ0v) is 7.89. The molecule has 2 heterocycles. The van der Waals surface area contributed by atoms with Crippen molar-refractivity contribution < 1.29 is 4.74 Å². The van der Waals surface area contributed by atoms with Crippen LogP contribution in [-0.4, -0.2) is 21.9 Å². The monoisotopic (exact) mass is 191 g/mol. The number of methoxy groups -OCH3 is 1. The van der Waals surface area contributed by atoms with E-state index in [1.165, 1.54) is 11.8 Å². The van der Waals surface area contributed by atoms with Crippen molar-refractivity contribution in [1.29, 1.82) is 0 Å². The summed E-state index contributed by atoms with van der Waals surface area (Å²) in [6.07, 6.45) is 1.60. The van der Waals surface area contributed by atoms with Crippen LogP contribution in [0.25, 0.3) is 10.9 Å². The Morgan fingerprint density at radius 3 is 3.00 bits per heavy atom. The highest BCUT2D eigenvalue weighted by Gasteiger charge is 2.08. The standard InChI is InChI=1S/C9H9N3O2/c1-12-9(13)6-4-3-5-10-7(6)8(11-12)14-2/h3-5H,1-2H3. The number of rotatable bonds is 1. The molecule has 5 nitrogen and oxygen atoms in total. The van der Waals surface area contributed by atoms with E-state index >= 15 is 0 Å². The zero-order chi connectivity index (χ0) is 10.1. The summed E-state index contributed by atoms with van der Waals surface area (Å²) in [6.45, 7) is 0. The molecule has 0 aromatic carbocycles. The van der Waals surface area contributed by atoms with Crippen molar-refractivity contribution in [3.63, 3.8) is 0 Å². The van der Waals surface area contributed by atoms with Gasteiger partial charge in [0.1, 0.15) is 5.52 Å². The molecule has 0 spiro atoms. The summed E-state index contributed by atoms with van der Waals surface area (Å²) in [7, 11) is 3.08. The smallest absolute Gasteiger partial charge is 0.276 e. The van der Waals surface area contributed by atoms with Crippen LogP contribution in [0.15, 0.2) is 23.1 Å². The third-order valence-corrected chi connectivity index (χ3v) is 1.97. The first-order chi connectivity index (χ1) is 6.74. The summed E-state index contributed by atoms with van der Waals surface area (Å²) in [5.41, 5.74) is 0.326. The van der Waals surface area contributed by atoms with Crippen molar-refractivity contribution in [1.82, 2.24) is 14.8 Å². The molecule has 0 N–H and O–H groups in total. The molecule has 2 aromatic heterocycles. The Hall–Kier alpha value is -1.91. The van der Waals surface area contributed by atoms with Gasteiger partial charge in [0.05, 0.1) is 12.5 Å². The van der Waals surface area contributed by atoms with Crippen molar-refractivity contribution in [2.75, 3.05) is 7.11 Å². The van der Waals surface area contributed by atoms with Gasteiger partial charge in [-0.05, 0) is 12.1 Å². The molecule has 14 heavy (non-hydrogen) atoms. The SMILES string of the molecule is COc1nn(C)c(=O)c2cccnc12. The molecule has 0 saturated carbocycles. The van der Waals surface area contributed by atoms with Gasteiger partial charge in [0, 0.05) is 13.2 Å². The summed E-state index contributed by atoms with van der Waals surface area (Å²) in [6, 6.07) is 3.41. The van der Waals surface area contributed by atoms with Gasteiger partial charge in [-0.15, -0.1) is 5.10 Å². The number of aromatic nitrogens is 3. The number of fused-ring (bicyclic) bond motifs is 1. The lowest BCUT2D eigenvalue weighted by Gasteiger charge is -2.04. The first-order valence-electron chi connectivity index (χ1n) is 4.10. The predicted molar refractivity (Wildman–Crippen MR) is 51.3 cm³/mol. The van der Waals surface area contributed by atoms with Crippen molar-refractivity contribution in [2.45, 2.75) is 0 Å². The fraction of sp³-hybridized carbons (Fsp3) is 0.222. The summed E-state index contributed by atoms with van der Waals surface area (Å²) in [4.78, 5) is 15.7. The fourth-order valence-corrected chi connectivity index (χ4v) is 1.29. The minimum Gasteiger partial charge on any atom is -0.478 e. The van der Waals surface area contributed by atoms with Crippen molar-refractivity contribution in [3.05, 3.63) is 28.7 Å². The summed E-state index contributed by atoms with van der Waals surface area (Å²) < 4.78 is 6.27. The topological polar surface area (TPSA) is 57.0 Å². The van der Waals surface area contributed by atoms with Crippen LogP contribution in [0, 0.1) is 0 Å². The second kappa shape index (κ2) is 3.10. The van der Waals surface area contributed by atoms with E-state index in [9.17, 15) is 4.79 Å². The summed E-state index contributed by atoms with van der Waals surface area (Å²) in [5.74, 6) is 0.364. The molecular weight excluding hydrogens is 182 g/mol. The van der Waals surface area contributed by atoms with Gasteiger partial charge in [-0.1, -0.05) is 0 Å². The number of aryl methyl sites for hydroxylation is 1. The number of nitrogens with zero attached hydrogens (tertiary/aromatic N) is 3. The average Bonchev–Trinajstić information content (AvgIpc) is 2.23. The molecule has 0 aliphatic carbocycles. The largest absolute Gasteiger partial charge is 0.478 e. The van der Waals surface area contributed by atoms with E-state index in [0.29, 0.717) is 16.8 Å². The number of ether oxygens (including phenoxy) is 1. The molecule has 0 unspecified atom stereocenters. The molecule has 0 amide bonds. The molecule has 2 aromatic rings. The lowest BCUT2D eigenvalue weighted by molar-refractivity contribution is 0.387. The molecule has 0 radical (unpaired) electrons. The Bertz CT molecular complexity index is 533. The Balaban J connectivity index is 2.97. The van der Waals surface area contributed by atoms with Gasteiger partial charge in [0.2, 0.25) is 0 Å². The predicted octanol–water partition coefficient (Wildman–Crippen LogP) is 0.337. The van der Waals surface area contributed by atoms with Crippen LogP contribution in [0.1, 0.15) is 0 Å². The Morgan fingerprint density at radius 1 is 1.50 bits per heavy atom. The van der Waals surface area contributed by atoms with Gasteiger partial charge in [-0.3, -0.25) is 9.78 Å². The Labute approximate surface area is 80.0 Å². The Kier molecular flexibility index (Phi) is 1.92. The van der Waals surface area contributed by atoms with Crippen LogP contribution >= 0.6 is 0 Å². The van der Waals surface area contributed by atoms with E-state index in [2.05, 4.69) is 10.1 Å². The van der Waals surface area contributed by atoms with E-state index in [1.807, 2.05) is 0 Å². The summed E-state index contributed by atoms with van der Waals surface area (Å²) in [5, 5.41) is 4.45. The minimum atomic E-state index is -0.172. The van der Waals surface area contributed by atoms with Gasteiger partial charge in [-0.25, -0.2) is 4.68 Å². The number of hydrogen-bond donors (Lipinski definition) is 0. The van der Waals surface area contributed by atoms with Crippen molar-refractivity contribution in [3.8, 4) is 5.88 Å². The number of hydrogen-bond acceptors (Lipinski definition) is 4. The summed E-state index contributed by atoms with van der Waals surface area (Å²) >= 11 is 0. The van der Waals surface area contributed by atoms with Gasteiger partial charge < -0.3 is 4.74 Å². The normalized spacial score (nSPS) is 10.4. The molecule has 0 atom stereocenters. The van der Waals surface area contributed by atoms with E-state index in [0.717, 1.165) is 0 Å². The molecule has 2 rings (SSSR count). The molecule has 72 valence electrons. The van der Waals surface area contributed by atoms with E-state index < -0.39 is 0 Å². The van der Waals surface area contributed by atoms with E-state index in [1.54, 1.807) is 25.4 Å². The van der Waals surface area contributed by atoms with E-state index in [-0.39, 0.29) is 5.56 Å². The first kappa shape index (κ1) is 8.68. The highest BCUT2D eigenvalue weighted by atomic mass is 16.5. The van der Waals surface area contributed by atoms with Crippen LogP contribution in [0.2, 0.25) is 0 Å². The van der Waals surface area contributed by atoms with Crippen LogP contribution < -0.4 is 10.3 Å². The molecule has 0 saturated heterocycles. The van der Waals surface area contributed by atoms with Crippen LogP contribution in [0.5, 0.6) is 5.88 Å². The third-order valence-electron chi connectivity index (χ3n) is 1.97. The number of pyridine rings is 1. The first-order valence-corrected chi connectivity index (χ1v) is 4.10. The molecule has 5 heteroatoms. The van der Waals surface area contributed by atoms with Gasteiger partial charge >= 0.3 is 0 Å². The van der Waals surface area contributed by atoms with Crippen molar-refractivity contribution in [2.24, 2.45) is 7.05 Å². The highest BCUT2D eigenvalue weighted by Crippen LogP contribution is 2.15. The molecule has 0 aliphatic heterocycles. The maximum Gasteiger partial charge on any atom is 0.276 e. The lowest BCUT2D eigenvalue weighted by Crippen LogP contribution is -2.20. The molecule has 0 fully saturated rings. The van der Waals surface area contributed by atoms with Crippen LogP contribution in [-0.2, 0) is 7.05 Å². The van der Waals surface area contributed by atoms with Crippen LogP contribution in [0.3, 0.4) is 0 Å². The molecular formula is C9H9N3O2. The third kappa shape index (κ3) is 1.14. The Morgan fingerprint density at radius 2 is 2.29 bits per heavy atom. The minimum absolute atomic E-state index is 0.172. The van der Waals surface area contributed by atoms with Gasteiger partial charge in [-0.2, -0.15) is 0 Å². The quantitative estimate of drug-likeness (QED) is 0.652. The maximum absolute atomic E-state index is 11.6. The fourth-order valence-electron chi connectivity index (χ4n) is 1.29. The zero-order valence-electron chi connectivity index (χ0n) is 7.89. The lowest BCUT2D eigenvalue weighted by atomic mass is 10.3. The molecule has 0 bridgehead atoms. The van der Waals surface area contributed by atoms with Gasteiger partial charge in [0.15, 0.2) is 0 Å². The van der Waals surface area contributed by atoms with Crippen molar-refractivity contribution >= 4 is 10.9 Å². The average molecular weight is 191 g/mol. The molecule has 0 aliphatic rings.